The molecule has 1 aliphatic heterocycles. The summed E-state index contributed by atoms with van der Waals surface area (Å²) in [6.45, 7) is 2.37. The van der Waals surface area contributed by atoms with Gasteiger partial charge in [-0.2, -0.15) is 0 Å². The Morgan fingerprint density at radius 2 is 2.19 bits per heavy atom. The normalized spacial score (nSPS) is 25.1. The highest BCUT2D eigenvalue weighted by Gasteiger charge is 2.55. The maximum absolute atomic E-state index is 12.4. The summed E-state index contributed by atoms with van der Waals surface area (Å²) in [6, 6.07) is 7.15. The Kier molecular flexibility index (Phi) is 3.65. The Hall–Kier alpha value is -1.56. The summed E-state index contributed by atoms with van der Waals surface area (Å²) in [5, 5.41) is 2.82. The van der Waals surface area contributed by atoms with Gasteiger partial charge in [-0.3, -0.25) is 9.69 Å². The molecule has 1 aliphatic carbocycles. The SMILES string of the molecule is CC1(C2CC2)NC(=O)N(CCOc2cccc(Br)c2)C1=O. The first-order valence-corrected chi connectivity index (χ1v) is 7.82. The van der Waals surface area contributed by atoms with Crippen molar-refractivity contribution in [1.82, 2.24) is 10.2 Å². The smallest absolute Gasteiger partial charge is 0.325 e. The van der Waals surface area contributed by atoms with Crippen molar-refractivity contribution in [3.05, 3.63) is 28.7 Å². The quantitative estimate of drug-likeness (QED) is 0.828. The van der Waals surface area contributed by atoms with Crippen LogP contribution in [-0.4, -0.2) is 35.5 Å². The molecule has 5 nitrogen and oxygen atoms in total. The molecule has 112 valence electrons. The largest absolute Gasteiger partial charge is 0.492 e. The molecule has 2 aliphatic rings. The number of nitrogens with zero attached hydrogens (tertiary/aromatic N) is 1. The van der Waals surface area contributed by atoms with E-state index in [9.17, 15) is 9.59 Å². The van der Waals surface area contributed by atoms with Crippen molar-refractivity contribution in [1.29, 1.82) is 0 Å². The van der Waals surface area contributed by atoms with Gasteiger partial charge in [0.15, 0.2) is 0 Å². The zero-order valence-electron chi connectivity index (χ0n) is 11.8. The van der Waals surface area contributed by atoms with Gasteiger partial charge in [-0.25, -0.2) is 4.79 Å². The number of ether oxygens (including phenoxy) is 1. The van der Waals surface area contributed by atoms with Crippen LogP contribution in [0.4, 0.5) is 4.79 Å². The fraction of sp³-hybridized carbons (Fsp3) is 0.467. The zero-order chi connectivity index (χ0) is 15.0. The topological polar surface area (TPSA) is 58.6 Å². The molecular formula is C15H17BrN2O3. The maximum atomic E-state index is 12.4. The summed E-state index contributed by atoms with van der Waals surface area (Å²) in [5.41, 5.74) is -0.715. The van der Waals surface area contributed by atoms with Crippen molar-refractivity contribution < 1.29 is 14.3 Å². The van der Waals surface area contributed by atoms with Crippen LogP contribution in [0.25, 0.3) is 0 Å². The van der Waals surface area contributed by atoms with E-state index in [4.69, 9.17) is 4.74 Å². The van der Waals surface area contributed by atoms with Gasteiger partial charge >= 0.3 is 6.03 Å². The van der Waals surface area contributed by atoms with Crippen molar-refractivity contribution in [2.24, 2.45) is 5.92 Å². The molecule has 1 aromatic rings. The first-order chi connectivity index (χ1) is 10.0. The van der Waals surface area contributed by atoms with Crippen LogP contribution in [0, 0.1) is 5.92 Å². The molecular weight excluding hydrogens is 336 g/mol. The highest BCUT2D eigenvalue weighted by atomic mass is 79.9. The number of imide groups is 1. The van der Waals surface area contributed by atoms with E-state index in [2.05, 4.69) is 21.2 Å². The van der Waals surface area contributed by atoms with Gasteiger partial charge in [-0.05, 0) is 43.9 Å². The molecule has 3 amide bonds. The number of benzene rings is 1. The molecule has 0 bridgehead atoms. The predicted octanol–water partition coefficient (Wildman–Crippen LogP) is 2.55. The highest BCUT2D eigenvalue weighted by molar-refractivity contribution is 9.10. The number of rotatable bonds is 5. The first kappa shape index (κ1) is 14.4. The Morgan fingerprint density at radius 3 is 2.86 bits per heavy atom. The van der Waals surface area contributed by atoms with Gasteiger partial charge in [0.2, 0.25) is 0 Å². The first-order valence-electron chi connectivity index (χ1n) is 7.03. The lowest BCUT2D eigenvalue weighted by Gasteiger charge is -2.21. The molecule has 1 heterocycles. The van der Waals surface area contributed by atoms with Crippen LogP contribution < -0.4 is 10.1 Å². The van der Waals surface area contributed by atoms with Gasteiger partial charge in [-0.15, -0.1) is 0 Å². The molecule has 0 radical (unpaired) electrons. The Bertz CT molecular complexity index is 588. The number of hydrogen-bond acceptors (Lipinski definition) is 3. The van der Waals surface area contributed by atoms with Gasteiger partial charge in [0, 0.05) is 4.47 Å². The van der Waals surface area contributed by atoms with E-state index >= 15 is 0 Å². The summed E-state index contributed by atoms with van der Waals surface area (Å²) in [4.78, 5) is 25.6. The van der Waals surface area contributed by atoms with Crippen LogP contribution in [0.5, 0.6) is 5.75 Å². The molecule has 0 spiro atoms. The second-order valence-corrected chi connectivity index (χ2v) is 6.59. The minimum absolute atomic E-state index is 0.132. The number of hydrogen-bond donors (Lipinski definition) is 1. The number of carbonyl (C=O) groups excluding carboxylic acids is 2. The third-order valence-corrected chi connectivity index (χ3v) is 4.57. The molecule has 1 N–H and O–H groups in total. The molecule has 1 saturated heterocycles. The minimum atomic E-state index is -0.715. The molecule has 1 unspecified atom stereocenters. The van der Waals surface area contributed by atoms with E-state index in [0.29, 0.717) is 5.75 Å². The van der Waals surface area contributed by atoms with Crippen molar-refractivity contribution >= 4 is 27.9 Å². The van der Waals surface area contributed by atoms with Crippen LogP contribution in [0.1, 0.15) is 19.8 Å². The fourth-order valence-corrected chi connectivity index (χ4v) is 3.05. The predicted molar refractivity (Wildman–Crippen MR) is 81.0 cm³/mol. The summed E-state index contributed by atoms with van der Waals surface area (Å²) in [5.74, 6) is 0.860. The van der Waals surface area contributed by atoms with Gasteiger partial charge in [-0.1, -0.05) is 22.0 Å². The van der Waals surface area contributed by atoms with E-state index in [1.54, 1.807) is 0 Å². The lowest BCUT2D eigenvalue weighted by molar-refractivity contribution is -0.131. The Morgan fingerprint density at radius 1 is 1.43 bits per heavy atom. The monoisotopic (exact) mass is 352 g/mol. The summed E-state index contributed by atoms with van der Waals surface area (Å²) in [7, 11) is 0. The minimum Gasteiger partial charge on any atom is -0.492 e. The van der Waals surface area contributed by atoms with E-state index in [0.717, 1.165) is 17.3 Å². The van der Waals surface area contributed by atoms with Gasteiger partial charge in [0.1, 0.15) is 17.9 Å². The Balaban J connectivity index is 1.58. The molecule has 3 rings (SSSR count). The van der Waals surface area contributed by atoms with E-state index in [1.165, 1.54) is 4.90 Å². The van der Waals surface area contributed by atoms with Crippen LogP contribution in [0.3, 0.4) is 0 Å². The van der Waals surface area contributed by atoms with E-state index in [-0.39, 0.29) is 31.0 Å². The lowest BCUT2D eigenvalue weighted by Crippen LogP contribution is -2.46. The molecule has 1 aromatic carbocycles. The van der Waals surface area contributed by atoms with Crippen molar-refractivity contribution in [2.45, 2.75) is 25.3 Å². The number of nitrogens with one attached hydrogen (secondary N) is 1. The van der Waals surface area contributed by atoms with Gasteiger partial charge < -0.3 is 10.1 Å². The maximum Gasteiger partial charge on any atom is 0.325 e. The average molecular weight is 353 g/mol. The summed E-state index contributed by atoms with van der Waals surface area (Å²) < 4.78 is 6.51. The third-order valence-electron chi connectivity index (χ3n) is 4.07. The van der Waals surface area contributed by atoms with Crippen LogP contribution in [0.15, 0.2) is 28.7 Å². The highest BCUT2D eigenvalue weighted by Crippen LogP contribution is 2.42. The van der Waals surface area contributed by atoms with Crippen LogP contribution >= 0.6 is 15.9 Å². The summed E-state index contributed by atoms with van der Waals surface area (Å²) >= 11 is 3.37. The molecule has 0 aromatic heterocycles. The standard InChI is InChI=1S/C15H17BrN2O3/c1-15(10-5-6-10)13(19)18(14(20)17-15)7-8-21-12-4-2-3-11(16)9-12/h2-4,9-10H,5-8H2,1H3,(H,17,20). The fourth-order valence-electron chi connectivity index (χ4n) is 2.67. The van der Waals surface area contributed by atoms with E-state index < -0.39 is 5.54 Å². The van der Waals surface area contributed by atoms with Crippen LogP contribution in [0.2, 0.25) is 0 Å². The summed E-state index contributed by atoms with van der Waals surface area (Å²) in [6.07, 6.45) is 2.01. The number of urea groups is 1. The molecule has 1 saturated carbocycles. The van der Waals surface area contributed by atoms with Gasteiger partial charge in [0.25, 0.3) is 5.91 Å². The molecule has 21 heavy (non-hydrogen) atoms. The van der Waals surface area contributed by atoms with Crippen molar-refractivity contribution in [3.8, 4) is 5.75 Å². The van der Waals surface area contributed by atoms with Crippen LogP contribution in [-0.2, 0) is 4.79 Å². The Labute approximate surface area is 131 Å². The second kappa shape index (κ2) is 5.33. The second-order valence-electron chi connectivity index (χ2n) is 5.67. The molecule has 1 atom stereocenters. The third kappa shape index (κ3) is 2.77. The molecule has 6 heteroatoms. The average Bonchev–Trinajstić information content (AvgIpc) is 3.24. The van der Waals surface area contributed by atoms with Crippen molar-refractivity contribution in [3.63, 3.8) is 0 Å². The number of carbonyl (C=O) groups is 2. The van der Waals surface area contributed by atoms with Crippen molar-refractivity contribution in [2.75, 3.05) is 13.2 Å². The number of halogens is 1. The number of amides is 3. The van der Waals surface area contributed by atoms with E-state index in [1.807, 2.05) is 31.2 Å². The van der Waals surface area contributed by atoms with Gasteiger partial charge in [0.05, 0.1) is 6.54 Å². The zero-order valence-corrected chi connectivity index (χ0v) is 13.4. The lowest BCUT2D eigenvalue weighted by atomic mass is 9.96. The molecule has 2 fully saturated rings.